The van der Waals surface area contributed by atoms with Gasteiger partial charge in [-0.2, -0.15) is 0 Å². The summed E-state index contributed by atoms with van der Waals surface area (Å²) in [6.07, 6.45) is 0. The molecule has 0 bridgehead atoms. The van der Waals surface area contributed by atoms with E-state index in [0.29, 0.717) is 19.6 Å². The lowest BCUT2D eigenvalue weighted by Gasteiger charge is -2.34. The van der Waals surface area contributed by atoms with E-state index in [1.807, 2.05) is 4.90 Å². The van der Waals surface area contributed by atoms with Gasteiger partial charge in [0.25, 0.3) is 0 Å². The fourth-order valence-electron chi connectivity index (χ4n) is 3.38. The van der Waals surface area contributed by atoms with E-state index in [1.54, 1.807) is 23.5 Å². The minimum atomic E-state index is -0.272. The first-order valence-electron chi connectivity index (χ1n) is 9.40. The van der Waals surface area contributed by atoms with Gasteiger partial charge in [0.1, 0.15) is 5.82 Å². The van der Waals surface area contributed by atoms with Gasteiger partial charge in [-0.1, -0.05) is 35.6 Å². The largest absolute Gasteiger partial charge is 0.345 e. The fraction of sp³-hybridized carbons (Fsp3) is 0.333. The van der Waals surface area contributed by atoms with Gasteiger partial charge >= 0.3 is 6.03 Å². The minimum absolute atomic E-state index is 0.0834. The van der Waals surface area contributed by atoms with Crippen LogP contribution in [0.15, 0.2) is 36.4 Å². The number of anilines is 1. The van der Waals surface area contributed by atoms with Gasteiger partial charge in [-0.05, 0) is 42.7 Å². The van der Waals surface area contributed by atoms with Crippen LogP contribution in [0.25, 0.3) is 10.2 Å². The number of piperazine rings is 1. The third kappa shape index (κ3) is 3.80. The smallest absolute Gasteiger partial charge is 0.317 e. The Morgan fingerprint density at radius 3 is 2.43 bits per heavy atom. The highest BCUT2D eigenvalue weighted by molar-refractivity contribution is 7.22. The Morgan fingerprint density at radius 2 is 1.75 bits per heavy atom. The molecular formula is C21H23FN4OS. The third-order valence-electron chi connectivity index (χ3n) is 5.13. The lowest BCUT2D eigenvalue weighted by atomic mass is 10.1. The molecule has 1 aromatic heterocycles. The molecule has 28 heavy (non-hydrogen) atoms. The molecule has 1 fully saturated rings. The number of carbonyl (C=O) groups excluding carboxylic acids is 1. The van der Waals surface area contributed by atoms with E-state index in [-0.39, 0.29) is 11.8 Å². The van der Waals surface area contributed by atoms with Crippen molar-refractivity contribution < 1.29 is 9.18 Å². The van der Waals surface area contributed by atoms with Crippen molar-refractivity contribution in [3.05, 3.63) is 58.9 Å². The quantitative estimate of drug-likeness (QED) is 0.723. The van der Waals surface area contributed by atoms with Crippen LogP contribution in [-0.2, 0) is 6.54 Å². The minimum Gasteiger partial charge on any atom is -0.345 e. The molecule has 2 aromatic carbocycles. The van der Waals surface area contributed by atoms with E-state index in [1.165, 1.54) is 28.0 Å². The molecule has 2 amide bonds. The van der Waals surface area contributed by atoms with Crippen LogP contribution in [0.5, 0.6) is 0 Å². The third-order valence-corrected chi connectivity index (χ3v) is 6.38. The van der Waals surface area contributed by atoms with Crippen molar-refractivity contribution in [2.75, 3.05) is 31.1 Å². The van der Waals surface area contributed by atoms with Crippen LogP contribution in [0.4, 0.5) is 14.3 Å². The lowest BCUT2D eigenvalue weighted by molar-refractivity contribution is 0.194. The Kier molecular flexibility index (Phi) is 5.17. The summed E-state index contributed by atoms with van der Waals surface area (Å²) in [6, 6.07) is 10.4. The number of amides is 2. The molecule has 1 aliphatic heterocycles. The Labute approximate surface area is 167 Å². The van der Waals surface area contributed by atoms with Crippen LogP contribution in [0.3, 0.4) is 0 Å². The number of hydrogen-bond acceptors (Lipinski definition) is 4. The number of benzene rings is 2. The molecular weight excluding hydrogens is 375 g/mol. The highest BCUT2D eigenvalue weighted by atomic mass is 32.1. The molecule has 4 rings (SSSR count). The van der Waals surface area contributed by atoms with Crippen molar-refractivity contribution in [1.82, 2.24) is 15.2 Å². The predicted octanol–water partition coefficient (Wildman–Crippen LogP) is 4.08. The second-order valence-corrected chi connectivity index (χ2v) is 8.11. The lowest BCUT2D eigenvalue weighted by Crippen LogP contribution is -2.51. The van der Waals surface area contributed by atoms with Crippen molar-refractivity contribution in [3.63, 3.8) is 0 Å². The summed E-state index contributed by atoms with van der Waals surface area (Å²) in [5, 5.41) is 3.94. The maximum Gasteiger partial charge on any atom is 0.317 e. The molecule has 1 saturated heterocycles. The SMILES string of the molecule is Cc1ccc(C)c2sc(N3CCN(C(=O)NCc4ccc(F)cc4)CC3)nc12. The highest BCUT2D eigenvalue weighted by Gasteiger charge is 2.23. The average molecular weight is 399 g/mol. The van der Waals surface area contributed by atoms with Gasteiger partial charge in [-0.15, -0.1) is 0 Å². The van der Waals surface area contributed by atoms with Crippen LogP contribution < -0.4 is 10.2 Å². The molecule has 5 nitrogen and oxygen atoms in total. The van der Waals surface area contributed by atoms with Gasteiger partial charge in [-0.3, -0.25) is 0 Å². The molecule has 0 unspecified atom stereocenters. The van der Waals surface area contributed by atoms with Crippen molar-refractivity contribution in [2.24, 2.45) is 0 Å². The Hall–Kier alpha value is -2.67. The molecule has 0 saturated carbocycles. The number of carbonyl (C=O) groups is 1. The van der Waals surface area contributed by atoms with Gasteiger partial charge in [0.2, 0.25) is 0 Å². The number of halogens is 1. The molecule has 0 aliphatic carbocycles. The number of urea groups is 1. The van der Waals surface area contributed by atoms with Crippen molar-refractivity contribution >= 4 is 32.7 Å². The van der Waals surface area contributed by atoms with Gasteiger partial charge in [0.15, 0.2) is 5.13 Å². The molecule has 1 N–H and O–H groups in total. The molecule has 0 spiro atoms. The van der Waals surface area contributed by atoms with Crippen LogP contribution in [0, 0.1) is 19.7 Å². The maximum absolute atomic E-state index is 13.0. The monoisotopic (exact) mass is 398 g/mol. The summed E-state index contributed by atoms with van der Waals surface area (Å²) < 4.78 is 14.2. The molecule has 2 heterocycles. The van der Waals surface area contributed by atoms with E-state index in [2.05, 4.69) is 36.2 Å². The first kappa shape index (κ1) is 18.7. The summed E-state index contributed by atoms with van der Waals surface area (Å²) in [6.45, 7) is 7.45. The summed E-state index contributed by atoms with van der Waals surface area (Å²) in [7, 11) is 0. The topological polar surface area (TPSA) is 48.5 Å². The first-order chi connectivity index (χ1) is 13.5. The van der Waals surface area contributed by atoms with Crippen molar-refractivity contribution in [2.45, 2.75) is 20.4 Å². The molecule has 3 aromatic rings. The molecule has 0 radical (unpaired) electrons. The van der Waals surface area contributed by atoms with Crippen molar-refractivity contribution in [3.8, 4) is 0 Å². The van der Waals surface area contributed by atoms with E-state index >= 15 is 0 Å². The van der Waals surface area contributed by atoms with Gasteiger partial charge in [0.05, 0.1) is 10.2 Å². The van der Waals surface area contributed by atoms with Gasteiger partial charge in [0, 0.05) is 32.7 Å². The molecule has 0 atom stereocenters. The predicted molar refractivity (Wildman–Crippen MR) is 112 cm³/mol. The zero-order valence-corrected chi connectivity index (χ0v) is 16.9. The summed E-state index contributed by atoms with van der Waals surface area (Å²) in [5.74, 6) is -0.272. The Bertz CT molecular complexity index is 955. The number of thiazole rings is 1. The van der Waals surface area contributed by atoms with Crippen LogP contribution in [0.2, 0.25) is 0 Å². The fourth-order valence-corrected chi connectivity index (χ4v) is 4.54. The normalized spacial score (nSPS) is 14.5. The second kappa shape index (κ2) is 7.75. The maximum atomic E-state index is 13.0. The van der Waals surface area contributed by atoms with Gasteiger partial charge < -0.3 is 15.1 Å². The van der Waals surface area contributed by atoms with E-state index < -0.39 is 0 Å². The second-order valence-electron chi connectivity index (χ2n) is 7.13. The summed E-state index contributed by atoms with van der Waals surface area (Å²) in [4.78, 5) is 21.3. The Balaban J connectivity index is 1.35. The van der Waals surface area contributed by atoms with Crippen LogP contribution in [-0.4, -0.2) is 42.1 Å². The first-order valence-corrected chi connectivity index (χ1v) is 10.2. The number of hydrogen-bond donors (Lipinski definition) is 1. The zero-order chi connectivity index (χ0) is 19.7. The number of rotatable bonds is 3. The highest BCUT2D eigenvalue weighted by Crippen LogP contribution is 2.33. The average Bonchev–Trinajstić information content (AvgIpc) is 3.17. The van der Waals surface area contributed by atoms with Crippen LogP contribution in [0.1, 0.15) is 16.7 Å². The van der Waals surface area contributed by atoms with E-state index in [9.17, 15) is 9.18 Å². The number of aryl methyl sites for hydroxylation is 2. The number of fused-ring (bicyclic) bond motifs is 1. The number of nitrogens with one attached hydrogen (secondary N) is 1. The van der Waals surface area contributed by atoms with E-state index in [4.69, 9.17) is 4.98 Å². The van der Waals surface area contributed by atoms with Crippen molar-refractivity contribution in [1.29, 1.82) is 0 Å². The molecule has 7 heteroatoms. The standard InChI is InChI=1S/C21H23FN4OS/c1-14-3-4-15(2)19-18(14)24-21(28-19)26-11-9-25(10-12-26)20(27)23-13-16-5-7-17(22)8-6-16/h3-8H,9-13H2,1-2H3,(H,23,27). The number of aromatic nitrogens is 1. The molecule has 146 valence electrons. The zero-order valence-electron chi connectivity index (χ0n) is 16.0. The van der Waals surface area contributed by atoms with E-state index in [0.717, 1.165) is 29.3 Å². The van der Waals surface area contributed by atoms with Gasteiger partial charge in [-0.25, -0.2) is 14.2 Å². The summed E-state index contributed by atoms with van der Waals surface area (Å²) >= 11 is 1.73. The number of nitrogens with zero attached hydrogens (tertiary/aromatic N) is 3. The Morgan fingerprint density at radius 1 is 1.07 bits per heavy atom. The molecule has 1 aliphatic rings. The summed E-state index contributed by atoms with van der Waals surface area (Å²) in [5.41, 5.74) is 4.41. The van der Waals surface area contributed by atoms with Crippen LogP contribution >= 0.6 is 11.3 Å².